The first-order chi connectivity index (χ1) is 26.4. The Bertz CT molecular complexity index is 1900. The second kappa shape index (κ2) is 19.1. The minimum absolute atomic E-state index is 0.00941. The van der Waals surface area contributed by atoms with Crippen molar-refractivity contribution < 1.29 is 37.8 Å². The van der Waals surface area contributed by atoms with Gasteiger partial charge in [0.2, 0.25) is 11.8 Å². The third-order valence-corrected chi connectivity index (χ3v) is 9.24. The number of halogens is 1. The van der Waals surface area contributed by atoms with E-state index in [9.17, 15) is 28.7 Å². The molecule has 3 aromatic rings. The largest absolute Gasteiger partial charge is 0.460 e. The number of oxazole rings is 1. The summed E-state index contributed by atoms with van der Waals surface area (Å²) >= 11 is 0. The zero-order valence-corrected chi connectivity index (χ0v) is 31.1. The molecule has 0 radical (unpaired) electrons. The number of pyridine rings is 1. The summed E-state index contributed by atoms with van der Waals surface area (Å²) in [5, 5.41) is 24.3. The number of hydrogen-bond donors (Lipinski definition) is 4. The highest BCUT2D eigenvalue weighted by molar-refractivity contribution is 5.95. The molecule has 5 unspecified atom stereocenters. The summed E-state index contributed by atoms with van der Waals surface area (Å²) in [5.41, 5.74) is 7.71. The van der Waals surface area contributed by atoms with Crippen LogP contribution in [-0.4, -0.2) is 103 Å². The Kier molecular flexibility index (Phi) is 14.0. The number of carbonyl (C=O) groups is 4. The van der Waals surface area contributed by atoms with Crippen molar-refractivity contribution in [3.05, 3.63) is 78.3 Å². The predicted molar refractivity (Wildman–Crippen MR) is 198 cm³/mol. The molecule has 55 heavy (non-hydrogen) atoms. The number of nitrogen functional groups attached to an aromatic ring is 1. The molecule has 17 heteroatoms. The summed E-state index contributed by atoms with van der Waals surface area (Å²) < 4.78 is 27.9. The van der Waals surface area contributed by atoms with Gasteiger partial charge < -0.3 is 35.5 Å². The van der Waals surface area contributed by atoms with Gasteiger partial charge in [0.15, 0.2) is 11.6 Å². The van der Waals surface area contributed by atoms with Gasteiger partial charge in [-0.05, 0) is 43.9 Å². The van der Waals surface area contributed by atoms with E-state index in [4.69, 9.17) is 14.9 Å². The molecule has 0 saturated carbocycles. The van der Waals surface area contributed by atoms with Crippen LogP contribution in [0.3, 0.4) is 0 Å². The molecular weight excluding hydrogens is 713 g/mol. The molecule has 16 nitrogen and oxygen atoms in total. The topological polar surface area (TPSA) is 221 Å². The summed E-state index contributed by atoms with van der Waals surface area (Å²) in [4.78, 5) is 63.1. The lowest BCUT2D eigenvalue weighted by atomic mass is 9.89. The third kappa shape index (κ3) is 11.4. The molecule has 1 fully saturated rings. The summed E-state index contributed by atoms with van der Waals surface area (Å²) in [5.74, 6) is -2.72. The van der Waals surface area contributed by atoms with Crippen LogP contribution in [-0.2, 0) is 32.1 Å². The van der Waals surface area contributed by atoms with Crippen molar-refractivity contribution in [3.8, 4) is 11.3 Å². The molecule has 1 saturated heterocycles. The molecule has 3 amide bonds. The number of ether oxygens (including phenoxy) is 1. The molecule has 2 bridgehead atoms. The van der Waals surface area contributed by atoms with Gasteiger partial charge >= 0.3 is 5.97 Å². The van der Waals surface area contributed by atoms with Gasteiger partial charge in [0.25, 0.3) is 5.91 Å². The van der Waals surface area contributed by atoms with Gasteiger partial charge in [-0.1, -0.05) is 48.9 Å². The highest BCUT2D eigenvalue weighted by Gasteiger charge is 2.39. The van der Waals surface area contributed by atoms with Crippen LogP contribution in [0.1, 0.15) is 62.8 Å². The van der Waals surface area contributed by atoms with E-state index in [0.29, 0.717) is 42.0 Å². The lowest BCUT2D eigenvalue weighted by molar-refractivity contribution is -0.159. The van der Waals surface area contributed by atoms with Gasteiger partial charge in [-0.25, -0.2) is 19.2 Å². The molecule has 0 spiro atoms. The summed E-state index contributed by atoms with van der Waals surface area (Å²) in [6.45, 7) is 6.34. The van der Waals surface area contributed by atoms with Crippen molar-refractivity contribution in [2.24, 2.45) is 11.8 Å². The molecule has 5 atom stereocenters. The van der Waals surface area contributed by atoms with Crippen molar-refractivity contribution in [3.63, 3.8) is 0 Å². The highest BCUT2D eigenvalue weighted by atomic mass is 19.1. The van der Waals surface area contributed by atoms with Crippen molar-refractivity contribution in [1.29, 1.82) is 0 Å². The maximum Gasteiger partial charge on any atom is 0.329 e. The fourth-order valence-electron chi connectivity index (χ4n) is 6.53. The number of amides is 3. The average Bonchev–Trinajstić information content (AvgIpc) is 3.92. The first-order valence-corrected chi connectivity index (χ1v) is 18.3. The second-order valence-corrected chi connectivity index (χ2v) is 14.0. The lowest BCUT2D eigenvalue weighted by Crippen LogP contribution is -2.44. The number of aliphatic hydroxyl groups excluding tert-OH is 1. The molecule has 2 aliphatic heterocycles. The Labute approximate surface area is 318 Å². The van der Waals surface area contributed by atoms with E-state index in [1.165, 1.54) is 17.1 Å². The monoisotopic (exact) mass is 761 g/mol. The van der Waals surface area contributed by atoms with Crippen LogP contribution in [0.15, 0.2) is 71.2 Å². The number of cyclic esters (lactones) is 1. The van der Waals surface area contributed by atoms with E-state index in [-0.39, 0.29) is 62.3 Å². The minimum Gasteiger partial charge on any atom is -0.460 e. The molecular formula is C38H48FN9O7. The number of fused-ring (bicyclic) bond motifs is 3. The standard InChI is InChI=1S/C38H48FN9O7/c1-23(2)35-25(18-33(51)42-14-16-47-21-29(45-46-47)28-8-5-13-43-36(28)40)10-11-32(50)41-12-4-7-24(3)17-27(49)19-26(39)20-34-44-30(22-54-34)37(52)48-15-6-9-31(48)38(53)55-35/h4-5,7-8,10-11,13,17,21-23,25-27,31,35,49H,6,9,12,14-16,18-20H2,1-3H3,(H2,40,43)(H,41,50)(H,42,51)/b7-4+,11-10+,24-17+. The van der Waals surface area contributed by atoms with Crippen molar-refractivity contribution in [1.82, 2.24) is 40.5 Å². The van der Waals surface area contributed by atoms with Crippen LogP contribution >= 0.6 is 0 Å². The number of alkyl halides is 1. The third-order valence-electron chi connectivity index (χ3n) is 9.24. The van der Waals surface area contributed by atoms with E-state index in [2.05, 4.69) is 30.9 Å². The van der Waals surface area contributed by atoms with Gasteiger partial charge in [-0.3, -0.25) is 19.1 Å². The molecule has 2 aliphatic rings. The molecule has 0 aliphatic carbocycles. The Balaban J connectivity index is 1.32. The fraction of sp³-hybridized carbons (Fsp3) is 0.474. The maximum atomic E-state index is 14.8. The van der Waals surface area contributed by atoms with Crippen LogP contribution in [0, 0.1) is 11.8 Å². The normalized spacial score (nSPS) is 25.3. The molecule has 3 aromatic heterocycles. The van der Waals surface area contributed by atoms with Gasteiger partial charge in [0.1, 0.15) is 36.1 Å². The maximum absolute atomic E-state index is 14.8. The SMILES string of the molecule is CC1=C\C(O)CC(F)Cc2nc(co2)C(=O)N2CCCC2C(=O)OC(C(C)C)C(CC(=O)NCCn2cc(-c3cccnc3N)nn2)/C=C/C(=O)NC\C=C\1. The number of allylic oxidation sites excluding steroid dienone is 2. The van der Waals surface area contributed by atoms with Crippen molar-refractivity contribution >= 4 is 29.5 Å². The van der Waals surface area contributed by atoms with Crippen LogP contribution in [0.25, 0.3) is 11.3 Å². The summed E-state index contributed by atoms with van der Waals surface area (Å²) in [6, 6.07) is 2.59. The number of aromatic nitrogens is 5. The minimum atomic E-state index is -1.50. The average molecular weight is 762 g/mol. The first-order valence-electron chi connectivity index (χ1n) is 18.3. The Morgan fingerprint density at radius 3 is 2.82 bits per heavy atom. The van der Waals surface area contributed by atoms with Gasteiger partial charge in [0, 0.05) is 50.2 Å². The molecule has 0 aromatic carbocycles. The van der Waals surface area contributed by atoms with E-state index < -0.39 is 48.1 Å². The molecule has 5 heterocycles. The highest BCUT2D eigenvalue weighted by Crippen LogP contribution is 2.27. The van der Waals surface area contributed by atoms with E-state index in [0.717, 1.165) is 6.26 Å². The van der Waals surface area contributed by atoms with Gasteiger partial charge in [-0.15, -0.1) is 5.10 Å². The zero-order chi connectivity index (χ0) is 39.5. The number of nitrogens with one attached hydrogen (secondary N) is 2. The number of hydrogen-bond acceptors (Lipinski definition) is 12. The number of esters is 1. The van der Waals surface area contributed by atoms with Gasteiger partial charge in [0.05, 0.1) is 25.3 Å². The van der Waals surface area contributed by atoms with E-state index in [1.807, 2.05) is 13.8 Å². The smallest absolute Gasteiger partial charge is 0.329 e. The quantitative estimate of drug-likeness (QED) is 0.256. The number of nitrogens with two attached hydrogens (primary N) is 1. The van der Waals surface area contributed by atoms with Crippen LogP contribution in [0.5, 0.6) is 0 Å². The van der Waals surface area contributed by atoms with Crippen molar-refractivity contribution in [2.45, 2.75) is 83.8 Å². The Morgan fingerprint density at radius 2 is 2.04 bits per heavy atom. The van der Waals surface area contributed by atoms with E-state index >= 15 is 0 Å². The van der Waals surface area contributed by atoms with Crippen LogP contribution in [0.4, 0.5) is 10.2 Å². The first kappa shape index (κ1) is 40.5. The Morgan fingerprint density at radius 1 is 1.22 bits per heavy atom. The second-order valence-electron chi connectivity index (χ2n) is 14.0. The molecule has 5 N–H and O–H groups in total. The molecule has 294 valence electrons. The zero-order valence-electron chi connectivity index (χ0n) is 31.1. The predicted octanol–water partition coefficient (Wildman–Crippen LogP) is 2.73. The number of carbonyl (C=O) groups excluding carboxylic acids is 4. The van der Waals surface area contributed by atoms with Gasteiger partial charge in [-0.2, -0.15) is 0 Å². The molecule has 5 rings (SSSR count). The van der Waals surface area contributed by atoms with Crippen LogP contribution in [0.2, 0.25) is 0 Å². The van der Waals surface area contributed by atoms with Crippen molar-refractivity contribution in [2.75, 3.05) is 25.4 Å². The number of anilines is 1. The summed E-state index contributed by atoms with van der Waals surface area (Å²) in [7, 11) is 0. The summed E-state index contributed by atoms with van der Waals surface area (Å²) in [6.07, 6.45) is 8.95. The Hall–Kier alpha value is -5.71. The van der Waals surface area contributed by atoms with Crippen LogP contribution < -0.4 is 16.4 Å². The number of aliphatic hydroxyl groups is 1. The fourth-order valence-corrected chi connectivity index (χ4v) is 6.53. The number of rotatable bonds is 7. The lowest BCUT2D eigenvalue weighted by Gasteiger charge is -2.30. The van der Waals surface area contributed by atoms with E-state index in [1.54, 1.807) is 54.4 Å². The number of nitrogens with zero attached hydrogens (tertiary/aromatic N) is 6.